The topological polar surface area (TPSA) is 21.3 Å². The summed E-state index contributed by atoms with van der Waals surface area (Å²) in [4.78, 5) is 0. The number of aryl methyl sites for hydroxylation is 2. The van der Waals surface area contributed by atoms with Crippen LogP contribution in [0, 0.1) is 13.8 Å². The van der Waals surface area contributed by atoms with E-state index in [-0.39, 0.29) is 0 Å². The molecule has 0 bridgehead atoms. The molecule has 1 N–H and O–H groups in total. The standard InChI is InChI=1S/C17H27NO/c1-13-8-9-16(12-14(13)2)15(3)18-10-11-19-17-6-4-5-7-17/h8-9,12,15,17-18H,4-7,10-11H2,1-3H3. The van der Waals surface area contributed by atoms with Gasteiger partial charge in [0, 0.05) is 12.6 Å². The summed E-state index contributed by atoms with van der Waals surface area (Å²) in [6, 6.07) is 7.10. The monoisotopic (exact) mass is 261 g/mol. The van der Waals surface area contributed by atoms with Crippen LogP contribution in [0.25, 0.3) is 0 Å². The fourth-order valence-corrected chi connectivity index (χ4v) is 2.71. The first-order valence-electron chi connectivity index (χ1n) is 7.59. The summed E-state index contributed by atoms with van der Waals surface area (Å²) in [5, 5.41) is 3.54. The molecule has 1 saturated carbocycles. The Morgan fingerprint density at radius 3 is 2.63 bits per heavy atom. The van der Waals surface area contributed by atoms with Gasteiger partial charge in [-0.05, 0) is 50.3 Å². The van der Waals surface area contributed by atoms with E-state index in [9.17, 15) is 0 Å². The van der Waals surface area contributed by atoms with Crippen molar-refractivity contribution in [2.24, 2.45) is 0 Å². The van der Waals surface area contributed by atoms with Gasteiger partial charge in [-0.2, -0.15) is 0 Å². The van der Waals surface area contributed by atoms with Crippen LogP contribution < -0.4 is 5.32 Å². The van der Waals surface area contributed by atoms with E-state index in [1.807, 2.05) is 0 Å². The third-order valence-corrected chi connectivity index (χ3v) is 4.24. The molecule has 0 heterocycles. The Bertz CT molecular complexity index is 396. The molecule has 1 aliphatic carbocycles. The minimum Gasteiger partial charge on any atom is -0.377 e. The van der Waals surface area contributed by atoms with Crippen LogP contribution in [0.5, 0.6) is 0 Å². The summed E-state index contributed by atoms with van der Waals surface area (Å²) in [5.74, 6) is 0. The third-order valence-electron chi connectivity index (χ3n) is 4.24. The largest absolute Gasteiger partial charge is 0.377 e. The average Bonchev–Trinajstić information content (AvgIpc) is 2.91. The first-order valence-corrected chi connectivity index (χ1v) is 7.59. The van der Waals surface area contributed by atoms with E-state index >= 15 is 0 Å². The maximum absolute atomic E-state index is 5.87. The van der Waals surface area contributed by atoms with Crippen LogP contribution in [0.2, 0.25) is 0 Å². The highest BCUT2D eigenvalue weighted by Gasteiger charge is 2.14. The molecule has 0 saturated heterocycles. The number of hydrogen-bond acceptors (Lipinski definition) is 2. The van der Waals surface area contributed by atoms with Gasteiger partial charge in [0.15, 0.2) is 0 Å². The highest BCUT2D eigenvalue weighted by Crippen LogP contribution is 2.20. The molecule has 0 aliphatic heterocycles. The zero-order valence-corrected chi connectivity index (χ0v) is 12.5. The van der Waals surface area contributed by atoms with E-state index in [2.05, 4.69) is 44.3 Å². The van der Waals surface area contributed by atoms with Crippen molar-refractivity contribution in [3.8, 4) is 0 Å². The van der Waals surface area contributed by atoms with Gasteiger partial charge in [0.1, 0.15) is 0 Å². The molecule has 2 nitrogen and oxygen atoms in total. The molecule has 2 rings (SSSR count). The summed E-state index contributed by atoms with van der Waals surface area (Å²) in [6.07, 6.45) is 5.73. The van der Waals surface area contributed by atoms with Gasteiger partial charge in [0.05, 0.1) is 12.7 Å². The van der Waals surface area contributed by atoms with Crippen molar-refractivity contribution in [1.82, 2.24) is 5.32 Å². The van der Waals surface area contributed by atoms with Crippen LogP contribution in [0.1, 0.15) is 55.3 Å². The van der Waals surface area contributed by atoms with Gasteiger partial charge in [-0.15, -0.1) is 0 Å². The molecular weight excluding hydrogens is 234 g/mol. The van der Waals surface area contributed by atoms with Crippen molar-refractivity contribution in [2.75, 3.05) is 13.2 Å². The molecule has 1 aromatic rings. The number of hydrogen-bond donors (Lipinski definition) is 1. The van der Waals surface area contributed by atoms with Gasteiger partial charge in [-0.25, -0.2) is 0 Å². The zero-order valence-electron chi connectivity index (χ0n) is 12.5. The second-order valence-corrected chi connectivity index (χ2v) is 5.80. The third kappa shape index (κ3) is 4.32. The molecule has 1 unspecified atom stereocenters. The number of ether oxygens (including phenoxy) is 1. The van der Waals surface area contributed by atoms with E-state index in [1.165, 1.54) is 42.4 Å². The fraction of sp³-hybridized carbons (Fsp3) is 0.647. The number of benzene rings is 1. The minimum atomic E-state index is 0.395. The molecule has 1 atom stereocenters. The van der Waals surface area contributed by atoms with Crippen molar-refractivity contribution in [2.45, 2.75) is 58.6 Å². The molecule has 0 radical (unpaired) electrons. The van der Waals surface area contributed by atoms with Crippen LogP contribution in [0.15, 0.2) is 18.2 Å². The normalized spacial score (nSPS) is 17.8. The van der Waals surface area contributed by atoms with Gasteiger partial charge >= 0.3 is 0 Å². The molecular formula is C17H27NO. The highest BCUT2D eigenvalue weighted by atomic mass is 16.5. The van der Waals surface area contributed by atoms with Crippen molar-refractivity contribution in [1.29, 1.82) is 0 Å². The summed E-state index contributed by atoms with van der Waals surface area (Å²) >= 11 is 0. The predicted molar refractivity (Wildman–Crippen MR) is 80.5 cm³/mol. The quantitative estimate of drug-likeness (QED) is 0.784. The summed E-state index contributed by atoms with van der Waals surface area (Å²) in [5.41, 5.74) is 4.10. The lowest BCUT2D eigenvalue weighted by atomic mass is 10.0. The summed E-state index contributed by atoms with van der Waals surface area (Å²) < 4.78 is 5.87. The van der Waals surface area contributed by atoms with Crippen LogP contribution in [-0.4, -0.2) is 19.3 Å². The second kappa shape index (κ2) is 7.06. The molecule has 106 valence electrons. The van der Waals surface area contributed by atoms with E-state index in [0.29, 0.717) is 12.1 Å². The first-order chi connectivity index (χ1) is 9.16. The van der Waals surface area contributed by atoms with Crippen molar-refractivity contribution >= 4 is 0 Å². The Morgan fingerprint density at radius 1 is 1.21 bits per heavy atom. The Hall–Kier alpha value is -0.860. The lowest BCUT2D eigenvalue weighted by Gasteiger charge is -2.17. The molecule has 1 aliphatic rings. The Kier molecular flexibility index (Phi) is 5.41. The summed E-state index contributed by atoms with van der Waals surface area (Å²) in [7, 11) is 0. The van der Waals surface area contributed by atoms with Crippen molar-refractivity contribution in [3.05, 3.63) is 34.9 Å². The van der Waals surface area contributed by atoms with E-state index in [1.54, 1.807) is 0 Å². The Morgan fingerprint density at radius 2 is 1.95 bits per heavy atom. The zero-order chi connectivity index (χ0) is 13.7. The van der Waals surface area contributed by atoms with Crippen molar-refractivity contribution in [3.63, 3.8) is 0 Å². The number of nitrogens with one attached hydrogen (secondary N) is 1. The first kappa shape index (κ1) is 14.5. The molecule has 0 amide bonds. The lowest BCUT2D eigenvalue weighted by Crippen LogP contribution is -2.25. The highest BCUT2D eigenvalue weighted by molar-refractivity contribution is 5.31. The predicted octanol–water partition coefficient (Wildman–Crippen LogP) is 3.91. The maximum atomic E-state index is 5.87. The molecule has 1 fully saturated rings. The van der Waals surface area contributed by atoms with Crippen LogP contribution >= 0.6 is 0 Å². The smallest absolute Gasteiger partial charge is 0.0594 e. The van der Waals surface area contributed by atoms with Crippen molar-refractivity contribution < 1.29 is 4.74 Å². The minimum absolute atomic E-state index is 0.395. The van der Waals surface area contributed by atoms with E-state index in [0.717, 1.165) is 13.2 Å². The molecule has 0 spiro atoms. The van der Waals surface area contributed by atoms with Gasteiger partial charge in [0.25, 0.3) is 0 Å². The maximum Gasteiger partial charge on any atom is 0.0594 e. The van der Waals surface area contributed by atoms with Gasteiger partial charge < -0.3 is 10.1 Å². The van der Waals surface area contributed by atoms with E-state index < -0.39 is 0 Å². The molecule has 19 heavy (non-hydrogen) atoms. The van der Waals surface area contributed by atoms with Crippen LogP contribution in [0.3, 0.4) is 0 Å². The van der Waals surface area contributed by atoms with Gasteiger partial charge in [-0.3, -0.25) is 0 Å². The fourth-order valence-electron chi connectivity index (χ4n) is 2.71. The molecule has 0 aromatic heterocycles. The SMILES string of the molecule is Cc1ccc(C(C)NCCOC2CCCC2)cc1C. The van der Waals surface area contributed by atoms with Gasteiger partial charge in [0.2, 0.25) is 0 Å². The van der Waals surface area contributed by atoms with Crippen LogP contribution in [-0.2, 0) is 4.74 Å². The average molecular weight is 261 g/mol. The molecule has 2 heteroatoms. The summed E-state index contributed by atoms with van der Waals surface area (Å²) in [6.45, 7) is 8.32. The lowest BCUT2D eigenvalue weighted by molar-refractivity contribution is 0.0593. The Labute approximate surface area is 117 Å². The second-order valence-electron chi connectivity index (χ2n) is 5.80. The van der Waals surface area contributed by atoms with Crippen LogP contribution in [0.4, 0.5) is 0 Å². The Balaban J connectivity index is 1.71. The van der Waals surface area contributed by atoms with E-state index in [4.69, 9.17) is 4.74 Å². The number of rotatable bonds is 6. The van der Waals surface area contributed by atoms with Gasteiger partial charge in [-0.1, -0.05) is 31.0 Å². The molecule has 1 aromatic carbocycles.